The van der Waals surface area contributed by atoms with Crippen LogP contribution in [-0.2, 0) is 6.54 Å². The van der Waals surface area contributed by atoms with Crippen LogP contribution >= 0.6 is 0 Å². The molecule has 3 heterocycles. The van der Waals surface area contributed by atoms with E-state index in [0.29, 0.717) is 11.9 Å². The number of ether oxygens (including phenoxy) is 1. The molecule has 0 saturated carbocycles. The van der Waals surface area contributed by atoms with E-state index in [1.54, 1.807) is 7.11 Å². The van der Waals surface area contributed by atoms with Gasteiger partial charge in [0, 0.05) is 17.0 Å². The van der Waals surface area contributed by atoms with Crippen LogP contribution in [-0.4, -0.2) is 21.1 Å². The van der Waals surface area contributed by atoms with Gasteiger partial charge in [0.1, 0.15) is 22.6 Å². The van der Waals surface area contributed by atoms with E-state index in [0.717, 1.165) is 39.1 Å². The molecule has 0 unspecified atom stereocenters. The minimum absolute atomic E-state index is 0.0127. The highest BCUT2D eigenvalue weighted by Crippen LogP contribution is 2.25. The third-order valence-electron chi connectivity index (χ3n) is 5.17. The summed E-state index contributed by atoms with van der Waals surface area (Å²) in [6.07, 6.45) is 1.98. The maximum absolute atomic E-state index is 13.4. The first-order valence-electron chi connectivity index (χ1n) is 9.18. The van der Waals surface area contributed by atoms with Crippen molar-refractivity contribution >= 4 is 27.6 Å². The SMILES string of the molecule is COc1ccc(Cn2c(=O)c3ccccc3c3nc4cc(C)ccn4c32)cc1. The molecule has 0 bridgehead atoms. The van der Waals surface area contributed by atoms with Crippen molar-refractivity contribution in [1.82, 2.24) is 14.0 Å². The average Bonchev–Trinajstić information content (AvgIpc) is 3.10. The van der Waals surface area contributed by atoms with Crippen LogP contribution in [0.15, 0.2) is 71.7 Å². The fourth-order valence-corrected chi connectivity index (χ4v) is 3.75. The van der Waals surface area contributed by atoms with E-state index < -0.39 is 0 Å². The topological polar surface area (TPSA) is 48.5 Å². The van der Waals surface area contributed by atoms with Crippen LogP contribution < -0.4 is 10.3 Å². The number of aromatic nitrogens is 3. The van der Waals surface area contributed by atoms with Gasteiger partial charge in [-0.1, -0.05) is 30.3 Å². The summed E-state index contributed by atoms with van der Waals surface area (Å²) in [5, 5.41) is 1.57. The van der Waals surface area contributed by atoms with Crippen molar-refractivity contribution in [3.05, 3.63) is 88.3 Å². The molecule has 0 spiro atoms. The van der Waals surface area contributed by atoms with Crippen molar-refractivity contribution in [2.24, 2.45) is 0 Å². The van der Waals surface area contributed by atoms with Crippen LogP contribution in [0, 0.1) is 6.92 Å². The first-order chi connectivity index (χ1) is 13.7. The molecular weight excluding hydrogens is 350 g/mol. The van der Waals surface area contributed by atoms with Gasteiger partial charge in [-0.2, -0.15) is 0 Å². The lowest BCUT2D eigenvalue weighted by Gasteiger charge is -2.11. The predicted molar refractivity (Wildman–Crippen MR) is 111 cm³/mol. The average molecular weight is 369 g/mol. The Bertz CT molecular complexity index is 1400. The maximum atomic E-state index is 13.4. The molecule has 28 heavy (non-hydrogen) atoms. The lowest BCUT2D eigenvalue weighted by Crippen LogP contribution is -2.22. The van der Waals surface area contributed by atoms with E-state index in [2.05, 4.69) is 0 Å². The zero-order valence-electron chi connectivity index (χ0n) is 15.7. The Morgan fingerprint density at radius 3 is 2.50 bits per heavy atom. The summed E-state index contributed by atoms with van der Waals surface area (Å²) in [6, 6.07) is 19.6. The van der Waals surface area contributed by atoms with E-state index >= 15 is 0 Å². The van der Waals surface area contributed by atoms with Crippen LogP contribution in [0.1, 0.15) is 11.1 Å². The third-order valence-corrected chi connectivity index (χ3v) is 5.17. The molecule has 0 aliphatic heterocycles. The van der Waals surface area contributed by atoms with Gasteiger partial charge in [-0.05, 0) is 48.4 Å². The Balaban J connectivity index is 1.85. The highest BCUT2D eigenvalue weighted by Gasteiger charge is 2.16. The van der Waals surface area contributed by atoms with Crippen LogP contribution in [0.4, 0.5) is 0 Å². The number of imidazole rings is 1. The molecule has 0 aliphatic carbocycles. The van der Waals surface area contributed by atoms with E-state index in [1.165, 1.54) is 0 Å². The molecule has 138 valence electrons. The van der Waals surface area contributed by atoms with Crippen molar-refractivity contribution in [2.45, 2.75) is 13.5 Å². The largest absolute Gasteiger partial charge is 0.497 e. The normalized spacial score (nSPS) is 11.5. The summed E-state index contributed by atoms with van der Waals surface area (Å²) in [5.41, 5.74) is 4.65. The number of aryl methyl sites for hydroxylation is 1. The van der Waals surface area contributed by atoms with Gasteiger partial charge in [0.05, 0.1) is 13.7 Å². The Labute approximate surface area is 161 Å². The van der Waals surface area contributed by atoms with Gasteiger partial charge in [0.15, 0.2) is 0 Å². The van der Waals surface area contributed by atoms with Crippen molar-refractivity contribution in [3.63, 3.8) is 0 Å². The van der Waals surface area contributed by atoms with Crippen molar-refractivity contribution in [3.8, 4) is 5.75 Å². The van der Waals surface area contributed by atoms with Crippen LogP contribution in [0.3, 0.4) is 0 Å². The Hall–Kier alpha value is -3.60. The van der Waals surface area contributed by atoms with Crippen LogP contribution in [0.5, 0.6) is 5.75 Å². The van der Waals surface area contributed by atoms with Gasteiger partial charge in [-0.15, -0.1) is 0 Å². The van der Waals surface area contributed by atoms with Gasteiger partial charge in [-0.25, -0.2) is 4.98 Å². The van der Waals surface area contributed by atoms with Gasteiger partial charge in [0.25, 0.3) is 5.56 Å². The summed E-state index contributed by atoms with van der Waals surface area (Å²) in [6.45, 7) is 2.51. The number of methoxy groups -OCH3 is 1. The van der Waals surface area contributed by atoms with E-state index in [-0.39, 0.29) is 5.56 Å². The second kappa shape index (κ2) is 6.23. The molecule has 5 heteroatoms. The summed E-state index contributed by atoms with van der Waals surface area (Å²) in [5.74, 6) is 0.796. The van der Waals surface area contributed by atoms with E-state index in [4.69, 9.17) is 9.72 Å². The monoisotopic (exact) mass is 369 g/mol. The Morgan fingerprint density at radius 1 is 1.00 bits per heavy atom. The van der Waals surface area contributed by atoms with Crippen molar-refractivity contribution in [1.29, 1.82) is 0 Å². The first kappa shape index (κ1) is 16.6. The fourth-order valence-electron chi connectivity index (χ4n) is 3.75. The van der Waals surface area contributed by atoms with Gasteiger partial charge in [-0.3, -0.25) is 13.8 Å². The van der Waals surface area contributed by atoms with Crippen molar-refractivity contribution in [2.75, 3.05) is 7.11 Å². The molecule has 2 aromatic carbocycles. The summed E-state index contributed by atoms with van der Waals surface area (Å²) < 4.78 is 9.06. The molecular formula is C23H19N3O2. The van der Waals surface area contributed by atoms with Gasteiger partial charge in [0.2, 0.25) is 0 Å². The highest BCUT2D eigenvalue weighted by molar-refractivity contribution is 6.03. The lowest BCUT2D eigenvalue weighted by atomic mass is 10.1. The molecule has 5 nitrogen and oxygen atoms in total. The molecule has 0 N–H and O–H groups in total. The Morgan fingerprint density at radius 2 is 1.75 bits per heavy atom. The first-order valence-corrected chi connectivity index (χ1v) is 9.18. The molecule has 0 saturated heterocycles. The summed E-state index contributed by atoms with van der Waals surface area (Å²) in [4.78, 5) is 18.2. The number of pyridine rings is 2. The second-order valence-corrected chi connectivity index (χ2v) is 7.00. The zero-order valence-corrected chi connectivity index (χ0v) is 15.7. The number of nitrogens with zero attached hydrogens (tertiary/aromatic N) is 3. The van der Waals surface area contributed by atoms with Crippen LogP contribution in [0.25, 0.3) is 27.6 Å². The van der Waals surface area contributed by atoms with Crippen LogP contribution in [0.2, 0.25) is 0 Å². The molecule has 5 rings (SSSR count). The standard InChI is InChI=1S/C23H19N3O2/c1-15-11-12-25-20(13-15)24-21-18-5-3-4-6-19(18)23(27)26(22(21)25)14-16-7-9-17(28-2)10-8-16/h3-13H,14H2,1-2H3. The fraction of sp³-hybridized carbons (Fsp3) is 0.130. The van der Waals surface area contributed by atoms with Crippen molar-refractivity contribution < 1.29 is 4.74 Å². The zero-order chi connectivity index (χ0) is 19.3. The molecule has 0 amide bonds. The number of benzene rings is 2. The highest BCUT2D eigenvalue weighted by atomic mass is 16.5. The molecule has 0 atom stereocenters. The smallest absolute Gasteiger partial charge is 0.260 e. The Kier molecular flexibility index (Phi) is 3.69. The molecule has 5 aromatic rings. The third kappa shape index (κ3) is 2.47. The molecule has 0 fully saturated rings. The quantitative estimate of drug-likeness (QED) is 0.480. The minimum Gasteiger partial charge on any atom is -0.497 e. The van der Waals surface area contributed by atoms with E-state index in [9.17, 15) is 4.79 Å². The molecule has 3 aromatic heterocycles. The number of fused-ring (bicyclic) bond motifs is 5. The maximum Gasteiger partial charge on any atom is 0.260 e. The van der Waals surface area contributed by atoms with Gasteiger partial charge < -0.3 is 4.74 Å². The second-order valence-electron chi connectivity index (χ2n) is 7.00. The molecule has 0 radical (unpaired) electrons. The summed E-state index contributed by atoms with van der Waals surface area (Å²) in [7, 11) is 1.65. The predicted octanol–water partition coefficient (Wildman–Crippen LogP) is 4.17. The minimum atomic E-state index is -0.0127. The lowest BCUT2D eigenvalue weighted by molar-refractivity contribution is 0.414. The summed E-state index contributed by atoms with van der Waals surface area (Å²) >= 11 is 0. The number of hydrogen-bond donors (Lipinski definition) is 0. The van der Waals surface area contributed by atoms with E-state index in [1.807, 2.05) is 82.8 Å². The molecule has 0 aliphatic rings. The number of hydrogen-bond acceptors (Lipinski definition) is 3. The number of rotatable bonds is 3. The van der Waals surface area contributed by atoms with Gasteiger partial charge >= 0.3 is 0 Å².